The van der Waals surface area contributed by atoms with E-state index in [0.29, 0.717) is 19.3 Å². The van der Waals surface area contributed by atoms with Gasteiger partial charge in [0.05, 0.1) is 50.7 Å². The molecule has 14 N–H and O–H groups in total. The summed E-state index contributed by atoms with van der Waals surface area (Å²) in [6, 6.07) is -2.52. The molecule has 3 aliphatic heterocycles. The molecule has 18 atom stereocenters. The second kappa shape index (κ2) is 50.1. The third-order valence-electron chi connectivity index (χ3n) is 18.8. The molecule has 3 fully saturated rings. The van der Waals surface area contributed by atoms with Crippen LogP contribution >= 0.6 is 0 Å². The van der Waals surface area contributed by atoms with E-state index in [4.69, 9.17) is 28.4 Å². The molecule has 0 aromatic carbocycles. The molecule has 0 saturated carbocycles. The molecule has 0 spiro atoms. The van der Waals surface area contributed by atoms with E-state index in [1.54, 1.807) is 0 Å². The van der Waals surface area contributed by atoms with Crippen molar-refractivity contribution in [2.75, 3.05) is 26.4 Å². The minimum atomic E-state index is -3.08. The summed E-state index contributed by atoms with van der Waals surface area (Å²) in [5.41, 5.74) is 0. The number of amides is 2. The summed E-state index contributed by atoms with van der Waals surface area (Å²) in [4.78, 5) is 38.6. The zero-order valence-electron chi connectivity index (χ0n) is 56.7. The number of carboxylic acids is 1. The van der Waals surface area contributed by atoms with Gasteiger partial charge in [0, 0.05) is 19.8 Å². The van der Waals surface area contributed by atoms with E-state index < -0.39 is 148 Å². The number of aliphatic hydroxyl groups is 11. The number of hydrogen-bond acceptors (Lipinski definition) is 20. The number of unbranched alkanes of at least 4 members (excludes halogenated alkanes) is 36. The summed E-state index contributed by atoms with van der Waals surface area (Å²) in [6.07, 6.45) is 18.4. The number of nitrogens with one attached hydrogen (secondary N) is 2. The lowest BCUT2D eigenvalue weighted by molar-refractivity contribution is -0.386. The van der Waals surface area contributed by atoms with E-state index in [1.807, 2.05) is 0 Å². The molecule has 3 saturated heterocycles. The van der Waals surface area contributed by atoms with E-state index in [9.17, 15) is 75.7 Å². The highest BCUT2D eigenvalue weighted by atomic mass is 16.8. The van der Waals surface area contributed by atoms with Crippen molar-refractivity contribution in [1.82, 2.24) is 10.6 Å². The quantitative estimate of drug-likeness (QED) is 0.0266. The molecule has 0 radical (unpaired) electrons. The fourth-order valence-corrected chi connectivity index (χ4v) is 13.0. The van der Waals surface area contributed by atoms with Crippen molar-refractivity contribution in [2.24, 2.45) is 0 Å². The van der Waals surface area contributed by atoms with Crippen LogP contribution in [0, 0.1) is 0 Å². The van der Waals surface area contributed by atoms with Crippen LogP contribution in [-0.2, 0) is 42.8 Å². The SMILES string of the molecule is CCCCCCCCCCCCCCCCCCCCCCCCCCCCC(=O)NC(COC1OC(CO)C(OC2OC(CO)C(O)C(OC3(C(=O)O)CC(O)C(NC(C)=O)C(C(O)C(O)CO)O3)C2O)C(O)C1O)C(O)CCCCCCCCCCCCCC. The number of aliphatic hydroxyl groups excluding tert-OH is 11. The van der Waals surface area contributed by atoms with Gasteiger partial charge in [0.1, 0.15) is 67.1 Å². The van der Waals surface area contributed by atoms with Crippen molar-refractivity contribution in [3.8, 4) is 0 Å². The zero-order valence-corrected chi connectivity index (χ0v) is 56.7. The van der Waals surface area contributed by atoms with Crippen molar-refractivity contribution in [1.29, 1.82) is 0 Å². The third-order valence-corrected chi connectivity index (χ3v) is 18.8. The number of carbonyl (C=O) groups excluding carboxylic acids is 2. The Bertz CT molecular complexity index is 1860. The van der Waals surface area contributed by atoms with Crippen molar-refractivity contribution in [3.63, 3.8) is 0 Å². The Balaban J connectivity index is 1.52. The fraction of sp³-hybridized carbons (Fsp3) is 0.957. The summed E-state index contributed by atoms with van der Waals surface area (Å²) in [7, 11) is 0. The number of rotatable bonds is 56. The zero-order chi connectivity index (χ0) is 67.5. The minimum Gasteiger partial charge on any atom is -0.477 e. The molecule has 0 aromatic rings. The second-order valence-corrected chi connectivity index (χ2v) is 26.8. The molecule has 0 aromatic heterocycles. The summed E-state index contributed by atoms with van der Waals surface area (Å²) in [5, 5.41) is 136. The van der Waals surface area contributed by atoms with Gasteiger partial charge in [-0.05, 0) is 12.8 Å². The molecule has 18 unspecified atom stereocenters. The molecule has 0 bridgehead atoms. The first kappa shape index (κ1) is 84.0. The number of carbonyl (C=O) groups is 3. The first-order valence-electron chi connectivity index (χ1n) is 36.4. The Morgan fingerprint density at radius 1 is 0.522 bits per heavy atom. The highest BCUT2D eigenvalue weighted by molar-refractivity contribution is 5.77. The van der Waals surface area contributed by atoms with Crippen LogP contribution in [0.4, 0.5) is 0 Å². The molecule has 3 aliphatic rings. The van der Waals surface area contributed by atoms with Gasteiger partial charge in [-0.3, -0.25) is 9.59 Å². The third kappa shape index (κ3) is 31.9. The van der Waals surface area contributed by atoms with Crippen LogP contribution in [0.15, 0.2) is 0 Å². The van der Waals surface area contributed by atoms with Crippen molar-refractivity contribution in [3.05, 3.63) is 0 Å². The van der Waals surface area contributed by atoms with Crippen LogP contribution in [0.1, 0.15) is 284 Å². The molecule has 23 nitrogen and oxygen atoms in total. The molecule has 92 heavy (non-hydrogen) atoms. The van der Waals surface area contributed by atoms with Crippen molar-refractivity contribution >= 4 is 17.8 Å². The Morgan fingerprint density at radius 2 is 0.946 bits per heavy atom. The van der Waals surface area contributed by atoms with Gasteiger partial charge >= 0.3 is 5.97 Å². The molecular weight excluding hydrogens is 1190 g/mol. The lowest BCUT2D eigenvalue weighted by Gasteiger charge is -2.50. The van der Waals surface area contributed by atoms with Crippen LogP contribution in [0.25, 0.3) is 0 Å². The number of hydrogen-bond donors (Lipinski definition) is 14. The van der Waals surface area contributed by atoms with E-state index in [1.165, 1.54) is 186 Å². The minimum absolute atomic E-state index is 0.229. The van der Waals surface area contributed by atoms with Gasteiger partial charge in [-0.15, -0.1) is 0 Å². The van der Waals surface area contributed by atoms with Gasteiger partial charge in [-0.1, -0.05) is 251 Å². The summed E-state index contributed by atoms with van der Waals surface area (Å²) in [5.74, 6) is -6.09. The lowest BCUT2D eigenvalue weighted by Crippen LogP contribution is -2.70. The van der Waals surface area contributed by atoms with Gasteiger partial charge in [0.25, 0.3) is 5.79 Å². The van der Waals surface area contributed by atoms with Crippen LogP contribution in [0.5, 0.6) is 0 Å². The van der Waals surface area contributed by atoms with Crippen LogP contribution < -0.4 is 10.6 Å². The smallest absolute Gasteiger partial charge is 0.364 e. The lowest BCUT2D eigenvalue weighted by atomic mass is 9.88. The monoisotopic (exact) mass is 1320 g/mol. The second-order valence-electron chi connectivity index (χ2n) is 26.8. The summed E-state index contributed by atoms with van der Waals surface area (Å²) >= 11 is 0. The predicted molar refractivity (Wildman–Crippen MR) is 348 cm³/mol. The molecule has 3 rings (SSSR count). The average molecular weight is 1320 g/mol. The van der Waals surface area contributed by atoms with Crippen molar-refractivity contribution < 1.29 is 104 Å². The van der Waals surface area contributed by atoms with Gasteiger partial charge in [-0.25, -0.2) is 4.79 Å². The number of ether oxygens (including phenoxy) is 6. The Kier molecular flexibility index (Phi) is 45.7. The van der Waals surface area contributed by atoms with Crippen LogP contribution in [0.3, 0.4) is 0 Å². The first-order valence-corrected chi connectivity index (χ1v) is 36.4. The molecule has 3 heterocycles. The van der Waals surface area contributed by atoms with Gasteiger partial charge in [0.2, 0.25) is 11.8 Å². The molecular formula is C69H130N2O21. The van der Waals surface area contributed by atoms with Crippen LogP contribution in [-0.4, -0.2) is 215 Å². The Labute approximate surface area is 550 Å². The van der Waals surface area contributed by atoms with Crippen LogP contribution in [0.2, 0.25) is 0 Å². The van der Waals surface area contributed by atoms with E-state index in [0.717, 1.165) is 51.9 Å². The predicted octanol–water partition coefficient (Wildman–Crippen LogP) is 7.29. The van der Waals surface area contributed by atoms with E-state index >= 15 is 0 Å². The summed E-state index contributed by atoms with van der Waals surface area (Å²) < 4.78 is 34.8. The fourth-order valence-electron chi connectivity index (χ4n) is 13.0. The maximum atomic E-state index is 13.5. The van der Waals surface area contributed by atoms with E-state index in [-0.39, 0.29) is 18.9 Å². The normalized spacial score (nSPS) is 28.2. The Hall–Kier alpha value is -2.27. The average Bonchev–Trinajstić information content (AvgIpc) is 0.769. The standard InChI is InChI=1S/C69H130N2O21/c1-4-6-8-10-12-14-16-18-19-20-21-22-23-24-25-26-27-28-29-30-31-33-35-37-39-41-43-56(79)71-50(51(76)42-40-38-36-34-32-17-15-13-11-9-7-5-2)48-87-66-61(83)60(82)63(55(47-74)89-66)90-67-62(84)65(59(81)54(46-73)88-67)92-69(68(85)86)44-52(77)57(70-49(3)75)64(91-69)58(80)53(78)45-72/h50-55,57-67,72-74,76-78,80-84H,4-48H2,1-3H3,(H,70,75)(H,71,79)(H,85,86). The molecule has 23 heteroatoms. The molecule has 2 amide bonds. The van der Waals surface area contributed by atoms with Gasteiger partial charge in [-0.2, -0.15) is 0 Å². The highest BCUT2D eigenvalue weighted by Gasteiger charge is 2.60. The number of carboxylic acid groups (broad SMARTS) is 1. The van der Waals surface area contributed by atoms with Gasteiger partial charge in [0.15, 0.2) is 12.6 Å². The largest absolute Gasteiger partial charge is 0.477 e. The maximum Gasteiger partial charge on any atom is 0.364 e. The molecule has 0 aliphatic carbocycles. The summed E-state index contributed by atoms with van der Waals surface area (Å²) in [6.45, 7) is 2.22. The first-order chi connectivity index (χ1) is 44.4. The Morgan fingerprint density at radius 3 is 1.36 bits per heavy atom. The maximum absolute atomic E-state index is 13.5. The molecule has 542 valence electrons. The van der Waals surface area contributed by atoms with E-state index in [2.05, 4.69) is 24.5 Å². The topological polar surface area (TPSA) is 373 Å². The van der Waals surface area contributed by atoms with Gasteiger partial charge < -0.3 is 100 Å². The number of aliphatic carboxylic acids is 1. The van der Waals surface area contributed by atoms with Crippen molar-refractivity contribution in [2.45, 2.75) is 394 Å². The highest BCUT2D eigenvalue weighted by Crippen LogP contribution is 2.39.